The van der Waals surface area contributed by atoms with Crippen LogP contribution in [0.15, 0.2) is 10.4 Å². The van der Waals surface area contributed by atoms with Crippen molar-refractivity contribution in [2.24, 2.45) is 10.4 Å². The molecule has 2 atom stereocenters. The van der Waals surface area contributed by atoms with Crippen molar-refractivity contribution in [1.82, 2.24) is 0 Å². The van der Waals surface area contributed by atoms with Crippen LogP contribution in [0, 0.1) is 9.81 Å². The lowest BCUT2D eigenvalue weighted by molar-refractivity contribution is 0.514. The van der Waals surface area contributed by atoms with Crippen molar-refractivity contribution in [2.75, 3.05) is 6.54 Å². The molecule has 7 heteroatoms. The van der Waals surface area contributed by atoms with Crippen molar-refractivity contribution in [3.8, 4) is 0 Å². The first-order chi connectivity index (χ1) is 6.14. The molecule has 1 aliphatic carbocycles. The van der Waals surface area contributed by atoms with Crippen molar-refractivity contribution >= 4 is 11.1 Å². The molecule has 0 saturated heterocycles. The van der Waals surface area contributed by atoms with Gasteiger partial charge >= 0.3 is 0 Å². The second-order valence-corrected chi connectivity index (χ2v) is 4.57. The van der Waals surface area contributed by atoms with Crippen molar-refractivity contribution in [3.05, 3.63) is 9.81 Å². The zero-order chi connectivity index (χ0) is 9.90. The number of hydrogen-bond acceptors (Lipinski definition) is 5. The Balaban J connectivity index is 2.50. The average Bonchev–Trinajstić information content (AvgIpc) is 2.85. The van der Waals surface area contributed by atoms with Crippen molar-refractivity contribution < 1.29 is 8.76 Å². The third kappa shape index (κ3) is 2.38. The first-order valence-corrected chi connectivity index (χ1v) is 4.98. The fourth-order valence-electron chi connectivity index (χ4n) is 1.24. The molecular formula is C6H10N2O4S. The van der Waals surface area contributed by atoms with Crippen LogP contribution < -0.4 is 0 Å². The first-order valence-electron chi connectivity index (χ1n) is 3.87. The van der Waals surface area contributed by atoms with Gasteiger partial charge in [0.25, 0.3) is 0 Å². The van der Waals surface area contributed by atoms with E-state index in [1.807, 2.05) is 0 Å². The lowest BCUT2D eigenvalue weighted by Crippen LogP contribution is -2.24. The molecule has 1 aliphatic rings. The number of hydrogen-bond donors (Lipinski definition) is 1. The summed E-state index contributed by atoms with van der Waals surface area (Å²) in [7, 11) is 0. The van der Waals surface area contributed by atoms with Gasteiger partial charge < -0.3 is 4.55 Å². The van der Waals surface area contributed by atoms with E-state index in [1.54, 1.807) is 0 Å². The van der Waals surface area contributed by atoms with Gasteiger partial charge in [-0.25, -0.2) is 4.21 Å². The summed E-state index contributed by atoms with van der Waals surface area (Å²) < 4.78 is 19.0. The van der Waals surface area contributed by atoms with Gasteiger partial charge in [-0.05, 0) is 19.3 Å². The third-order valence-electron chi connectivity index (χ3n) is 2.22. The van der Waals surface area contributed by atoms with Gasteiger partial charge in [0, 0.05) is 0 Å². The Kier molecular flexibility index (Phi) is 3.21. The molecule has 0 aliphatic heterocycles. The van der Waals surface area contributed by atoms with Crippen LogP contribution in [-0.2, 0) is 11.1 Å². The van der Waals surface area contributed by atoms with E-state index < -0.39 is 21.9 Å². The van der Waals surface area contributed by atoms with Crippen LogP contribution in [0.25, 0.3) is 0 Å². The maximum absolute atomic E-state index is 10.8. The fourth-order valence-corrected chi connectivity index (χ4v) is 2.03. The second-order valence-electron chi connectivity index (χ2n) is 3.21. The predicted octanol–water partition coefficient (Wildman–Crippen LogP) is 1.03. The minimum atomic E-state index is -1.93. The summed E-state index contributed by atoms with van der Waals surface area (Å²) >= 11 is -1.93. The monoisotopic (exact) mass is 206 g/mol. The fraction of sp³-hybridized carbons (Fsp3) is 1.00. The number of nitroso groups, excluding NO2 is 2. The largest absolute Gasteiger partial charge is 0.306 e. The Morgan fingerprint density at radius 2 is 2.08 bits per heavy atom. The Morgan fingerprint density at radius 3 is 2.38 bits per heavy atom. The summed E-state index contributed by atoms with van der Waals surface area (Å²) in [6.45, 7) is -0.206. The third-order valence-corrected chi connectivity index (χ3v) is 3.54. The second kappa shape index (κ2) is 4.01. The van der Waals surface area contributed by atoms with E-state index >= 15 is 0 Å². The van der Waals surface area contributed by atoms with Crippen molar-refractivity contribution in [1.29, 1.82) is 0 Å². The maximum Gasteiger partial charge on any atom is 0.159 e. The maximum atomic E-state index is 10.8. The molecule has 0 aromatic rings. The van der Waals surface area contributed by atoms with Crippen molar-refractivity contribution in [2.45, 2.75) is 30.1 Å². The van der Waals surface area contributed by atoms with Crippen LogP contribution in [0.5, 0.6) is 0 Å². The summed E-state index contributed by atoms with van der Waals surface area (Å²) in [4.78, 5) is 20.1. The minimum Gasteiger partial charge on any atom is -0.306 e. The molecular weight excluding hydrogens is 196 g/mol. The zero-order valence-corrected chi connectivity index (χ0v) is 7.70. The van der Waals surface area contributed by atoms with Gasteiger partial charge in [-0.1, -0.05) is 10.4 Å². The molecule has 0 radical (unpaired) electrons. The van der Waals surface area contributed by atoms with E-state index in [0.717, 1.165) is 0 Å². The van der Waals surface area contributed by atoms with E-state index in [2.05, 4.69) is 10.4 Å². The quantitative estimate of drug-likeness (QED) is 0.518. The highest BCUT2D eigenvalue weighted by Crippen LogP contribution is 2.45. The summed E-state index contributed by atoms with van der Waals surface area (Å²) in [5.41, 5.74) is 0. The smallest absolute Gasteiger partial charge is 0.159 e. The number of nitrogens with zero attached hydrogens (tertiary/aromatic N) is 2. The normalized spacial score (nSPS) is 23.2. The molecule has 6 nitrogen and oxygen atoms in total. The topological polar surface area (TPSA) is 96.2 Å². The van der Waals surface area contributed by atoms with E-state index in [9.17, 15) is 14.0 Å². The highest BCUT2D eigenvalue weighted by molar-refractivity contribution is 7.81. The summed E-state index contributed by atoms with van der Waals surface area (Å²) in [5.74, 6) is 0. The molecule has 0 spiro atoms. The van der Waals surface area contributed by atoms with Gasteiger partial charge in [-0.15, -0.1) is 0 Å². The minimum absolute atomic E-state index is 0.186. The zero-order valence-electron chi connectivity index (χ0n) is 6.88. The summed E-state index contributed by atoms with van der Waals surface area (Å²) in [6, 6.07) is -0.754. The van der Waals surface area contributed by atoms with Gasteiger partial charge in [-0.2, -0.15) is 9.81 Å². The number of rotatable bonds is 6. The van der Waals surface area contributed by atoms with Gasteiger partial charge in [0.15, 0.2) is 11.1 Å². The first kappa shape index (κ1) is 10.4. The van der Waals surface area contributed by atoms with Crippen LogP contribution in [0.4, 0.5) is 0 Å². The molecule has 0 bridgehead atoms. The molecule has 1 rings (SSSR count). The molecule has 1 N–H and O–H groups in total. The molecule has 74 valence electrons. The van der Waals surface area contributed by atoms with Gasteiger partial charge in [-0.3, -0.25) is 0 Å². The van der Waals surface area contributed by atoms with E-state index in [0.29, 0.717) is 12.8 Å². The van der Waals surface area contributed by atoms with E-state index in [4.69, 9.17) is 4.55 Å². The summed E-state index contributed by atoms with van der Waals surface area (Å²) in [5, 5.41) is 5.25. The molecule has 1 saturated carbocycles. The van der Waals surface area contributed by atoms with Crippen LogP contribution in [0.1, 0.15) is 19.3 Å². The summed E-state index contributed by atoms with van der Waals surface area (Å²) in [6.07, 6.45) is 1.41. The SMILES string of the molecule is O=NC[C@H](CC1(S(=O)O)CC1)N=O. The molecule has 0 heterocycles. The van der Waals surface area contributed by atoms with Crippen LogP contribution >= 0.6 is 0 Å². The van der Waals surface area contributed by atoms with Gasteiger partial charge in [0.1, 0.15) is 12.6 Å². The highest BCUT2D eigenvalue weighted by Gasteiger charge is 2.50. The van der Waals surface area contributed by atoms with Crippen molar-refractivity contribution in [3.63, 3.8) is 0 Å². The molecule has 1 unspecified atom stereocenters. The lowest BCUT2D eigenvalue weighted by atomic mass is 10.1. The molecule has 0 aromatic heterocycles. The highest BCUT2D eigenvalue weighted by atomic mass is 32.2. The van der Waals surface area contributed by atoms with E-state index in [1.165, 1.54) is 0 Å². The Labute approximate surface area is 77.3 Å². The predicted molar refractivity (Wildman–Crippen MR) is 47.6 cm³/mol. The lowest BCUT2D eigenvalue weighted by Gasteiger charge is -2.11. The average molecular weight is 206 g/mol. The molecule has 0 amide bonds. The molecule has 1 fully saturated rings. The molecule has 0 aromatic carbocycles. The van der Waals surface area contributed by atoms with Crippen LogP contribution in [-0.4, -0.2) is 26.1 Å². The molecule has 13 heavy (non-hydrogen) atoms. The standard InChI is InChI=1S/C6H10N2O4S/c9-7-4-5(8-10)3-6(1-2-6)13(11)12/h5H,1-4H2,(H,11,12)/t5-/m0/s1. The Morgan fingerprint density at radius 1 is 1.46 bits per heavy atom. The van der Waals surface area contributed by atoms with Crippen LogP contribution in [0.3, 0.4) is 0 Å². The van der Waals surface area contributed by atoms with Gasteiger partial charge in [0.05, 0.1) is 4.75 Å². The Hall–Kier alpha value is -0.690. The van der Waals surface area contributed by atoms with E-state index in [-0.39, 0.29) is 13.0 Å². The van der Waals surface area contributed by atoms with Crippen LogP contribution in [0.2, 0.25) is 0 Å². The van der Waals surface area contributed by atoms with Gasteiger partial charge in [0.2, 0.25) is 0 Å². The Bertz CT molecular complexity index is 241.